The number of amides is 1. The topological polar surface area (TPSA) is 75.4 Å². The zero-order valence-electron chi connectivity index (χ0n) is 13.2. The van der Waals surface area contributed by atoms with Crippen molar-refractivity contribution >= 4 is 11.9 Å². The van der Waals surface area contributed by atoms with Gasteiger partial charge < -0.3 is 10.0 Å². The Morgan fingerprint density at radius 3 is 2.43 bits per heavy atom. The van der Waals surface area contributed by atoms with E-state index in [2.05, 4.69) is 5.10 Å². The summed E-state index contributed by atoms with van der Waals surface area (Å²) in [5.74, 6) is -0.977. The van der Waals surface area contributed by atoms with Crippen molar-refractivity contribution in [2.24, 2.45) is 5.41 Å². The van der Waals surface area contributed by atoms with Gasteiger partial charge in [-0.15, -0.1) is 0 Å². The first kappa shape index (κ1) is 15.3. The third kappa shape index (κ3) is 2.84. The lowest BCUT2D eigenvalue weighted by atomic mass is 9.90. The van der Waals surface area contributed by atoms with Gasteiger partial charge in [-0.2, -0.15) is 5.10 Å². The highest BCUT2D eigenvalue weighted by molar-refractivity contribution is 5.95. The fraction of sp³-hybridized carbons (Fsp3) is 0.353. The monoisotopic (exact) mass is 313 g/mol. The maximum Gasteiger partial charge on any atom is 0.311 e. The summed E-state index contributed by atoms with van der Waals surface area (Å²) in [6.07, 6.45) is 2.35. The van der Waals surface area contributed by atoms with Crippen molar-refractivity contribution in [2.45, 2.75) is 20.3 Å². The Kier molecular flexibility index (Phi) is 3.67. The Labute approximate surface area is 134 Å². The Bertz CT molecular complexity index is 751. The molecule has 2 aromatic rings. The Morgan fingerprint density at radius 1 is 1.22 bits per heavy atom. The van der Waals surface area contributed by atoms with Crippen LogP contribution in [0.1, 0.15) is 29.4 Å². The molecular weight excluding hydrogens is 294 g/mol. The van der Waals surface area contributed by atoms with E-state index in [1.165, 1.54) is 0 Å². The molecule has 6 heteroatoms. The molecule has 6 nitrogen and oxygen atoms in total. The number of benzene rings is 1. The van der Waals surface area contributed by atoms with E-state index in [4.69, 9.17) is 0 Å². The summed E-state index contributed by atoms with van der Waals surface area (Å²) >= 11 is 0. The average Bonchev–Trinajstić information content (AvgIpc) is 3.14. The molecule has 0 unspecified atom stereocenters. The maximum absolute atomic E-state index is 12.5. The summed E-state index contributed by atoms with van der Waals surface area (Å²) in [5, 5.41) is 13.6. The van der Waals surface area contributed by atoms with Crippen LogP contribution in [0.2, 0.25) is 0 Å². The van der Waals surface area contributed by atoms with Gasteiger partial charge in [-0.3, -0.25) is 9.59 Å². The largest absolute Gasteiger partial charge is 0.481 e. The molecule has 0 saturated carbocycles. The summed E-state index contributed by atoms with van der Waals surface area (Å²) in [6, 6.07) is 9.10. The van der Waals surface area contributed by atoms with Crippen molar-refractivity contribution in [2.75, 3.05) is 13.1 Å². The van der Waals surface area contributed by atoms with Gasteiger partial charge in [0, 0.05) is 24.8 Å². The van der Waals surface area contributed by atoms with Gasteiger partial charge in [-0.25, -0.2) is 4.68 Å². The van der Waals surface area contributed by atoms with Crippen LogP contribution in [-0.2, 0) is 4.79 Å². The second kappa shape index (κ2) is 5.53. The number of aliphatic carboxylic acids is 1. The number of aromatic nitrogens is 2. The van der Waals surface area contributed by atoms with Crippen molar-refractivity contribution in [3.05, 3.63) is 47.8 Å². The van der Waals surface area contributed by atoms with E-state index in [0.29, 0.717) is 18.5 Å². The van der Waals surface area contributed by atoms with E-state index < -0.39 is 11.4 Å². The number of hydrogen-bond donors (Lipinski definition) is 1. The van der Waals surface area contributed by atoms with Crippen LogP contribution in [0.3, 0.4) is 0 Å². The summed E-state index contributed by atoms with van der Waals surface area (Å²) < 4.78 is 1.75. The molecule has 1 aliphatic heterocycles. The molecule has 1 aliphatic rings. The molecule has 1 N–H and O–H groups in total. The number of nitrogens with zero attached hydrogens (tertiary/aromatic N) is 3. The highest BCUT2D eigenvalue weighted by atomic mass is 16.4. The molecule has 2 heterocycles. The highest BCUT2D eigenvalue weighted by Gasteiger charge is 2.42. The number of likely N-dealkylation sites (tertiary alicyclic amines) is 1. The van der Waals surface area contributed by atoms with Gasteiger partial charge in [0.15, 0.2) is 0 Å². The van der Waals surface area contributed by atoms with E-state index in [9.17, 15) is 14.7 Å². The molecule has 0 spiro atoms. The number of hydrogen-bond acceptors (Lipinski definition) is 3. The molecule has 1 aromatic heterocycles. The number of rotatable bonds is 3. The van der Waals surface area contributed by atoms with Crippen molar-refractivity contribution in [3.8, 4) is 5.69 Å². The molecule has 1 aromatic carbocycles. The number of carboxylic acids is 1. The third-order valence-electron chi connectivity index (χ3n) is 4.38. The molecule has 0 radical (unpaired) electrons. The van der Waals surface area contributed by atoms with Gasteiger partial charge in [0.05, 0.1) is 16.8 Å². The zero-order chi connectivity index (χ0) is 16.6. The first-order valence-corrected chi connectivity index (χ1v) is 7.54. The van der Waals surface area contributed by atoms with Gasteiger partial charge in [0.25, 0.3) is 5.91 Å². The van der Waals surface area contributed by atoms with Crippen molar-refractivity contribution in [1.29, 1.82) is 0 Å². The van der Waals surface area contributed by atoms with Crippen molar-refractivity contribution < 1.29 is 14.7 Å². The molecule has 1 atom stereocenters. The van der Waals surface area contributed by atoms with Crippen LogP contribution in [0.4, 0.5) is 0 Å². The minimum atomic E-state index is -0.850. The Balaban J connectivity index is 1.75. The Hall–Kier alpha value is -2.63. The molecule has 0 bridgehead atoms. The number of carboxylic acid groups (broad SMARTS) is 1. The van der Waals surface area contributed by atoms with Gasteiger partial charge in [-0.05, 0) is 50.6 Å². The third-order valence-corrected chi connectivity index (χ3v) is 4.38. The van der Waals surface area contributed by atoms with Gasteiger partial charge in [0.2, 0.25) is 0 Å². The fourth-order valence-corrected chi connectivity index (χ4v) is 2.81. The summed E-state index contributed by atoms with van der Waals surface area (Å²) in [4.78, 5) is 25.4. The fourth-order valence-electron chi connectivity index (χ4n) is 2.81. The first-order valence-electron chi connectivity index (χ1n) is 7.54. The Morgan fingerprint density at radius 2 is 1.91 bits per heavy atom. The summed E-state index contributed by atoms with van der Waals surface area (Å²) in [7, 11) is 0. The normalized spacial score (nSPS) is 20.7. The molecule has 3 rings (SSSR count). The number of aryl methyl sites for hydroxylation is 1. The van der Waals surface area contributed by atoms with E-state index in [1.54, 1.807) is 28.6 Å². The van der Waals surface area contributed by atoms with Crippen LogP contribution in [0, 0.1) is 12.3 Å². The van der Waals surface area contributed by atoms with Crippen LogP contribution >= 0.6 is 0 Å². The summed E-state index contributed by atoms with van der Waals surface area (Å²) in [5.41, 5.74) is 1.52. The van der Waals surface area contributed by atoms with E-state index in [-0.39, 0.29) is 12.5 Å². The zero-order valence-corrected chi connectivity index (χ0v) is 13.2. The van der Waals surface area contributed by atoms with E-state index >= 15 is 0 Å². The minimum Gasteiger partial charge on any atom is -0.481 e. The number of carbonyl (C=O) groups excluding carboxylic acids is 1. The van der Waals surface area contributed by atoms with Gasteiger partial charge in [-0.1, -0.05) is 0 Å². The maximum atomic E-state index is 12.5. The minimum absolute atomic E-state index is 0.127. The molecular formula is C17H19N3O3. The highest BCUT2D eigenvalue weighted by Crippen LogP contribution is 2.31. The standard InChI is InChI=1S/C17H19N3O3/c1-12-7-9-20(18-12)14-5-3-13(4-6-14)15(21)19-10-8-17(2,11-19)16(22)23/h3-7,9H,8,10-11H2,1-2H3,(H,22,23)/t17-/m1/s1. The van der Waals surface area contributed by atoms with Crippen LogP contribution in [0.25, 0.3) is 5.69 Å². The molecule has 1 amide bonds. The lowest BCUT2D eigenvalue weighted by Crippen LogP contribution is -2.34. The SMILES string of the molecule is Cc1ccn(-c2ccc(C(=O)N3CC[C@@](C)(C(=O)O)C3)cc2)n1. The molecule has 1 fully saturated rings. The first-order chi connectivity index (χ1) is 10.9. The van der Waals surface area contributed by atoms with Crippen LogP contribution in [0.15, 0.2) is 36.5 Å². The second-order valence-corrected chi connectivity index (χ2v) is 6.29. The lowest BCUT2D eigenvalue weighted by molar-refractivity contribution is -0.147. The van der Waals surface area contributed by atoms with Crippen LogP contribution in [-0.4, -0.2) is 44.8 Å². The average molecular weight is 313 g/mol. The molecule has 23 heavy (non-hydrogen) atoms. The molecule has 120 valence electrons. The van der Waals surface area contributed by atoms with E-state index in [1.807, 2.05) is 31.3 Å². The molecule has 0 aliphatic carbocycles. The molecule has 1 saturated heterocycles. The predicted octanol–water partition coefficient (Wildman–Crippen LogP) is 2.12. The summed E-state index contributed by atoms with van der Waals surface area (Å²) in [6.45, 7) is 4.33. The lowest BCUT2D eigenvalue weighted by Gasteiger charge is -2.20. The second-order valence-electron chi connectivity index (χ2n) is 6.29. The van der Waals surface area contributed by atoms with Crippen molar-refractivity contribution in [1.82, 2.24) is 14.7 Å². The smallest absolute Gasteiger partial charge is 0.311 e. The van der Waals surface area contributed by atoms with E-state index in [0.717, 1.165) is 11.4 Å². The van der Waals surface area contributed by atoms with Crippen LogP contribution in [0.5, 0.6) is 0 Å². The predicted molar refractivity (Wildman–Crippen MR) is 84.6 cm³/mol. The van der Waals surface area contributed by atoms with Gasteiger partial charge in [0.1, 0.15) is 0 Å². The van der Waals surface area contributed by atoms with Crippen molar-refractivity contribution in [3.63, 3.8) is 0 Å². The number of carbonyl (C=O) groups is 2. The van der Waals surface area contributed by atoms with Gasteiger partial charge >= 0.3 is 5.97 Å². The van der Waals surface area contributed by atoms with Crippen LogP contribution < -0.4 is 0 Å². The quantitative estimate of drug-likeness (QED) is 0.942.